The predicted octanol–water partition coefficient (Wildman–Crippen LogP) is 4.80. The zero-order valence-corrected chi connectivity index (χ0v) is 21.1. The van der Waals surface area contributed by atoms with Crippen LogP contribution in [0.3, 0.4) is 0 Å². The number of anilines is 1. The van der Waals surface area contributed by atoms with E-state index in [2.05, 4.69) is 10.6 Å². The first-order valence-corrected chi connectivity index (χ1v) is 11.3. The number of benzene rings is 2. The molecular formula is C25H32ClN3O5. The molecule has 0 heterocycles. The monoisotopic (exact) mass is 489 g/mol. The molecule has 184 valence electrons. The zero-order chi connectivity index (χ0) is 25.6. The van der Waals surface area contributed by atoms with Crippen molar-refractivity contribution in [1.82, 2.24) is 10.2 Å². The van der Waals surface area contributed by atoms with Gasteiger partial charge in [0.1, 0.15) is 23.9 Å². The van der Waals surface area contributed by atoms with Crippen LogP contribution in [0.5, 0.6) is 5.75 Å². The van der Waals surface area contributed by atoms with E-state index in [4.69, 9.17) is 16.3 Å². The fourth-order valence-corrected chi connectivity index (χ4v) is 3.67. The van der Waals surface area contributed by atoms with Gasteiger partial charge in [0.05, 0.1) is 10.7 Å². The minimum absolute atomic E-state index is 0.142. The number of hydrogen-bond donors (Lipinski definition) is 3. The number of phenolic OH excluding ortho intramolecular Hbond substituents is 1. The summed E-state index contributed by atoms with van der Waals surface area (Å²) in [4.78, 5) is 40.2. The largest absolute Gasteiger partial charge is 0.508 e. The first kappa shape index (κ1) is 27.0. The Morgan fingerprint density at radius 2 is 1.74 bits per heavy atom. The number of phenols is 1. The minimum atomic E-state index is -1.19. The number of amides is 3. The first-order chi connectivity index (χ1) is 15.8. The Labute approximate surface area is 205 Å². The molecule has 3 N–H and O–H groups in total. The summed E-state index contributed by atoms with van der Waals surface area (Å²) >= 11 is 6.29. The number of nitrogens with one attached hydrogen (secondary N) is 2. The van der Waals surface area contributed by atoms with E-state index >= 15 is 0 Å². The number of para-hydroxylation sites is 2. The number of carbonyl (C=O) groups is 3. The van der Waals surface area contributed by atoms with Crippen molar-refractivity contribution in [1.29, 1.82) is 0 Å². The Balaban J connectivity index is 2.41. The van der Waals surface area contributed by atoms with Crippen molar-refractivity contribution in [2.24, 2.45) is 0 Å². The molecule has 0 aliphatic rings. The topological polar surface area (TPSA) is 108 Å². The fourth-order valence-electron chi connectivity index (χ4n) is 3.40. The highest BCUT2D eigenvalue weighted by atomic mass is 35.5. The normalized spacial score (nSPS) is 12.1. The lowest BCUT2D eigenvalue weighted by Gasteiger charge is -2.35. The van der Waals surface area contributed by atoms with Crippen LogP contribution in [0.15, 0.2) is 42.5 Å². The molecule has 0 bridgehead atoms. The SMILES string of the molecule is Cc1cccc(Cl)c1NC(=O)C(c1ccccc1O)N(C(=O)CNC(=O)OC(C)(C)C)C(C)C. The summed E-state index contributed by atoms with van der Waals surface area (Å²) in [6, 6.07) is 9.87. The molecule has 3 amide bonds. The lowest BCUT2D eigenvalue weighted by atomic mass is 10.0. The summed E-state index contributed by atoms with van der Waals surface area (Å²) in [7, 11) is 0. The van der Waals surface area contributed by atoms with Gasteiger partial charge in [0, 0.05) is 11.6 Å². The minimum Gasteiger partial charge on any atom is -0.508 e. The van der Waals surface area contributed by atoms with Gasteiger partial charge in [-0.3, -0.25) is 9.59 Å². The highest BCUT2D eigenvalue weighted by Crippen LogP contribution is 2.33. The highest BCUT2D eigenvalue weighted by molar-refractivity contribution is 6.34. The third-order valence-corrected chi connectivity index (χ3v) is 5.17. The molecule has 9 heteroatoms. The molecule has 0 spiro atoms. The summed E-state index contributed by atoms with van der Waals surface area (Å²) < 4.78 is 5.19. The van der Waals surface area contributed by atoms with Crippen LogP contribution in [0.1, 0.15) is 51.8 Å². The summed E-state index contributed by atoms with van der Waals surface area (Å²) in [5, 5.41) is 16.1. The maximum Gasteiger partial charge on any atom is 0.408 e. The molecule has 1 unspecified atom stereocenters. The lowest BCUT2D eigenvalue weighted by Crippen LogP contribution is -2.49. The number of hydrogen-bond acceptors (Lipinski definition) is 5. The Morgan fingerprint density at radius 1 is 1.09 bits per heavy atom. The van der Waals surface area contributed by atoms with Crippen LogP contribution >= 0.6 is 11.6 Å². The average molecular weight is 490 g/mol. The van der Waals surface area contributed by atoms with E-state index in [1.54, 1.807) is 77.9 Å². The number of nitrogens with zero attached hydrogens (tertiary/aromatic N) is 1. The maximum absolute atomic E-state index is 13.6. The molecular weight excluding hydrogens is 458 g/mol. The van der Waals surface area contributed by atoms with Crippen molar-refractivity contribution in [2.45, 2.75) is 59.2 Å². The van der Waals surface area contributed by atoms with Gasteiger partial charge in [-0.2, -0.15) is 0 Å². The Bertz CT molecular complexity index is 1030. The number of aromatic hydroxyl groups is 1. The van der Waals surface area contributed by atoms with Crippen LogP contribution in [0, 0.1) is 6.92 Å². The van der Waals surface area contributed by atoms with Gasteiger partial charge in [0.2, 0.25) is 5.91 Å². The number of rotatable bonds is 7. The predicted molar refractivity (Wildman–Crippen MR) is 132 cm³/mol. The molecule has 1 atom stereocenters. The van der Waals surface area contributed by atoms with Crippen LogP contribution in [-0.4, -0.2) is 46.1 Å². The van der Waals surface area contributed by atoms with E-state index < -0.39 is 42.1 Å². The van der Waals surface area contributed by atoms with Crippen molar-refractivity contribution in [2.75, 3.05) is 11.9 Å². The van der Waals surface area contributed by atoms with Crippen LogP contribution < -0.4 is 10.6 Å². The van der Waals surface area contributed by atoms with Crippen molar-refractivity contribution in [3.05, 3.63) is 58.6 Å². The molecule has 0 aromatic heterocycles. The van der Waals surface area contributed by atoms with Gasteiger partial charge in [-0.25, -0.2) is 4.79 Å². The second kappa shape index (κ2) is 11.2. The van der Waals surface area contributed by atoms with Gasteiger partial charge in [0.15, 0.2) is 0 Å². The number of alkyl carbamates (subject to hydrolysis) is 1. The zero-order valence-electron chi connectivity index (χ0n) is 20.3. The van der Waals surface area contributed by atoms with Crippen LogP contribution in [0.4, 0.5) is 10.5 Å². The van der Waals surface area contributed by atoms with E-state index in [1.807, 2.05) is 0 Å². The molecule has 0 aliphatic heterocycles. The first-order valence-electron chi connectivity index (χ1n) is 10.9. The van der Waals surface area contributed by atoms with E-state index in [0.29, 0.717) is 10.7 Å². The molecule has 0 saturated carbocycles. The van der Waals surface area contributed by atoms with E-state index in [-0.39, 0.29) is 11.3 Å². The quantitative estimate of drug-likeness (QED) is 0.518. The van der Waals surface area contributed by atoms with Crippen molar-refractivity contribution in [3.8, 4) is 5.75 Å². The molecule has 34 heavy (non-hydrogen) atoms. The van der Waals surface area contributed by atoms with Crippen LogP contribution in [0.2, 0.25) is 5.02 Å². The van der Waals surface area contributed by atoms with Crippen molar-refractivity contribution in [3.63, 3.8) is 0 Å². The summed E-state index contributed by atoms with van der Waals surface area (Å²) in [5.41, 5.74) is 0.670. The van der Waals surface area contributed by atoms with Crippen molar-refractivity contribution >= 4 is 35.2 Å². The number of halogens is 1. The number of carbonyl (C=O) groups excluding carboxylic acids is 3. The Hall–Kier alpha value is -3.26. The van der Waals surface area contributed by atoms with Gasteiger partial charge in [0.25, 0.3) is 5.91 Å². The van der Waals surface area contributed by atoms with Gasteiger partial charge in [-0.15, -0.1) is 0 Å². The third-order valence-electron chi connectivity index (χ3n) is 4.86. The van der Waals surface area contributed by atoms with E-state index in [0.717, 1.165) is 5.56 Å². The fraction of sp³-hybridized carbons (Fsp3) is 0.400. The standard InChI is InChI=1S/C25H32ClN3O5/c1-15(2)29(20(31)14-27-24(33)34-25(4,5)6)22(17-11-7-8-13-19(17)30)23(32)28-21-16(3)10-9-12-18(21)26/h7-13,15,22,30H,14H2,1-6H3,(H,27,33)(H,28,32). The van der Waals surface area contributed by atoms with Crippen LogP contribution in [-0.2, 0) is 14.3 Å². The molecule has 0 fully saturated rings. The smallest absolute Gasteiger partial charge is 0.408 e. The molecule has 0 radical (unpaired) electrons. The Morgan fingerprint density at radius 3 is 2.29 bits per heavy atom. The summed E-state index contributed by atoms with van der Waals surface area (Å²) in [6.45, 7) is 10.0. The van der Waals surface area contributed by atoms with Gasteiger partial charge >= 0.3 is 6.09 Å². The molecule has 0 aliphatic carbocycles. The lowest BCUT2D eigenvalue weighted by molar-refractivity contribution is -0.140. The molecule has 2 aromatic carbocycles. The van der Waals surface area contributed by atoms with Gasteiger partial charge < -0.3 is 25.4 Å². The highest BCUT2D eigenvalue weighted by Gasteiger charge is 2.35. The van der Waals surface area contributed by atoms with Gasteiger partial charge in [-0.1, -0.05) is 41.9 Å². The maximum atomic E-state index is 13.6. The average Bonchev–Trinajstić information content (AvgIpc) is 2.72. The summed E-state index contributed by atoms with van der Waals surface area (Å²) in [6.07, 6.45) is -0.750. The van der Waals surface area contributed by atoms with E-state index in [9.17, 15) is 19.5 Å². The second-order valence-corrected chi connectivity index (χ2v) is 9.54. The third kappa shape index (κ3) is 7.12. The summed E-state index contributed by atoms with van der Waals surface area (Å²) in [5.74, 6) is -1.23. The molecule has 8 nitrogen and oxygen atoms in total. The number of aryl methyl sites for hydroxylation is 1. The second-order valence-electron chi connectivity index (χ2n) is 9.13. The van der Waals surface area contributed by atoms with Gasteiger partial charge in [-0.05, 0) is 59.2 Å². The molecule has 2 aromatic rings. The molecule has 2 rings (SSSR count). The number of ether oxygens (including phenoxy) is 1. The van der Waals surface area contributed by atoms with Crippen molar-refractivity contribution < 1.29 is 24.2 Å². The van der Waals surface area contributed by atoms with Crippen LogP contribution in [0.25, 0.3) is 0 Å². The van der Waals surface area contributed by atoms with E-state index in [1.165, 1.54) is 11.0 Å². The Kier molecular flexibility index (Phi) is 8.93. The molecule has 0 saturated heterocycles.